The molecule has 1 aromatic rings. The van der Waals surface area contributed by atoms with E-state index in [1.165, 1.54) is 11.1 Å². The highest BCUT2D eigenvalue weighted by Crippen LogP contribution is 2.36. The summed E-state index contributed by atoms with van der Waals surface area (Å²) in [7, 11) is 0. The van der Waals surface area contributed by atoms with E-state index in [0.717, 1.165) is 31.6 Å². The number of hydrogen-bond donors (Lipinski definition) is 1. The molecular weight excluding hydrogens is 188 g/mol. The monoisotopic (exact) mass is 206 g/mol. The van der Waals surface area contributed by atoms with Gasteiger partial charge in [-0.1, -0.05) is 19.1 Å². The van der Waals surface area contributed by atoms with E-state index in [0.29, 0.717) is 5.92 Å². The van der Waals surface area contributed by atoms with Crippen LogP contribution in [0.3, 0.4) is 0 Å². The summed E-state index contributed by atoms with van der Waals surface area (Å²) in [6.07, 6.45) is 2.93. The lowest BCUT2D eigenvalue weighted by atomic mass is 9.89. The lowest BCUT2D eigenvalue weighted by Crippen LogP contribution is -2.15. The maximum atomic E-state index is 9.03. The molecule has 0 fully saturated rings. The van der Waals surface area contributed by atoms with Crippen LogP contribution in [0.4, 0.5) is 0 Å². The van der Waals surface area contributed by atoms with Crippen LogP contribution >= 0.6 is 0 Å². The Morgan fingerprint density at radius 1 is 1.47 bits per heavy atom. The molecule has 15 heavy (non-hydrogen) atoms. The third-order valence-corrected chi connectivity index (χ3v) is 3.12. The molecule has 1 aliphatic rings. The van der Waals surface area contributed by atoms with Crippen LogP contribution < -0.4 is 4.74 Å². The Bertz CT molecular complexity index is 333. The summed E-state index contributed by atoms with van der Waals surface area (Å²) in [5, 5.41) is 9.03. The number of benzene rings is 1. The summed E-state index contributed by atoms with van der Waals surface area (Å²) < 4.78 is 5.62. The first-order valence-electron chi connectivity index (χ1n) is 5.71. The normalized spacial score (nSPS) is 19.5. The molecule has 82 valence electrons. The predicted octanol–water partition coefficient (Wildman–Crippen LogP) is 2.50. The molecule has 1 heterocycles. The maximum absolute atomic E-state index is 9.03. The highest BCUT2D eigenvalue weighted by Gasteiger charge is 2.20. The van der Waals surface area contributed by atoms with Gasteiger partial charge in [0.25, 0.3) is 0 Å². The van der Waals surface area contributed by atoms with Crippen molar-refractivity contribution in [3.05, 3.63) is 29.3 Å². The zero-order chi connectivity index (χ0) is 10.7. The van der Waals surface area contributed by atoms with Crippen molar-refractivity contribution < 1.29 is 9.84 Å². The molecule has 0 saturated heterocycles. The fraction of sp³-hybridized carbons (Fsp3) is 0.538. The van der Waals surface area contributed by atoms with E-state index in [-0.39, 0.29) is 6.61 Å². The summed E-state index contributed by atoms with van der Waals surface area (Å²) in [4.78, 5) is 0. The number of fused-ring (bicyclic) bond motifs is 1. The molecule has 0 amide bonds. The summed E-state index contributed by atoms with van der Waals surface area (Å²) in [5.41, 5.74) is 2.64. The largest absolute Gasteiger partial charge is 0.493 e. The van der Waals surface area contributed by atoms with Crippen molar-refractivity contribution in [2.24, 2.45) is 0 Å². The van der Waals surface area contributed by atoms with Gasteiger partial charge in [-0.25, -0.2) is 0 Å². The SMILES string of the molecule is CCc1ccc2c(c1)C(CCO)CCO2. The molecule has 1 atom stereocenters. The van der Waals surface area contributed by atoms with Gasteiger partial charge < -0.3 is 9.84 Å². The zero-order valence-corrected chi connectivity index (χ0v) is 9.20. The van der Waals surface area contributed by atoms with Crippen LogP contribution in [-0.2, 0) is 6.42 Å². The number of aliphatic hydroxyl groups is 1. The third-order valence-electron chi connectivity index (χ3n) is 3.12. The van der Waals surface area contributed by atoms with Gasteiger partial charge in [0.05, 0.1) is 6.61 Å². The smallest absolute Gasteiger partial charge is 0.122 e. The fourth-order valence-electron chi connectivity index (χ4n) is 2.19. The first kappa shape index (κ1) is 10.5. The Morgan fingerprint density at radius 2 is 2.33 bits per heavy atom. The van der Waals surface area contributed by atoms with Crippen LogP contribution in [0.5, 0.6) is 5.75 Å². The van der Waals surface area contributed by atoms with Gasteiger partial charge in [-0.15, -0.1) is 0 Å². The average molecular weight is 206 g/mol. The van der Waals surface area contributed by atoms with Gasteiger partial charge >= 0.3 is 0 Å². The molecule has 0 bridgehead atoms. The maximum Gasteiger partial charge on any atom is 0.122 e. The Kier molecular flexibility index (Phi) is 3.27. The van der Waals surface area contributed by atoms with Crippen LogP contribution in [0.1, 0.15) is 36.8 Å². The van der Waals surface area contributed by atoms with Gasteiger partial charge in [0.15, 0.2) is 0 Å². The van der Waals surface area contributed by atoms with E-state index >= 15 is 0 Å². The van der Waals surface area contributed by atoms with Crippen LogP contribution in [-0.4, -0.2) is 18.3 Å². The van der Waals surface area contributed by atoms with E-state index in [4.69, 9.17) is 9.84 Å². The standard InChI is InChI=1S/C13H18O2/c1-2-10-3-4-13-12(9-10)11(5-7-14)6-8-15-13/h3-4,9,11,14H,2,5-8H2,1H3. The predicted molar refractivity (Wildman–Crippen MR) is 60.4 cm³/mol. The summed E-state index contributed by atoms with van der Waals surface area (Å²) in [6, 6.07) is 6.42. The van der Waals surface area contributed by atoms with Crippen molar-refractivity contribution in [3.63, 3.8) is 0 Å². The molecule has 0 aromatic heterocycles. The second-order valence-electron chi connectivity index (χ2n) is 4.07. The van der Waals surface area contributed by atoms with Crippen LogP contribution in [0, 0.1) is 0 Å². The summed E-state index contributed by atoms with van der Waals surface area (Å²) in [6.45, 7) is 3.20. The van der Waals surface area contributed by atoms with Crippen LogP contribution in [0.25, 0.3) is 0 Å². The minimum atomic E-state index is 0.264. The molecule has 0 spiro atoms. The van der Waals surface area contributed by atoms with Crippen LogP contribution in [0.15, 0.2) is 18.2 Å². The third kappa shape index (κ3) is 2.15. The Labute approximate surface area is 90.9 Å². The minimum Gasteiger partial charge on any atom is -0.493 e. The van der Waals surface area contributed by atoms with Crippen molar-refractivity contribution in [2.45, 2.75) is 32.1 Å². The van der Waals surface area contributed by atoms with E-state index in [1.807, 2.05) is 0 Å². The van der Waals surface area contributed by atoms with Crippen molar-refractivity contribution >= 4 is 0 Å². The molecular formula is C13H18O2. The first-order valence-corrected chi connectivity index (χ1v) is 5.71. The second-order valence-corrected chi connectivity index (χ2v) is 4.07. The molecule has 2 heteroatoms. The van der Waals surface area contributed by atoms with Crippen molar-refractivity contribution in [3.8, 4) is 5.75 Å². The number of aliphatic hydroxyl groups excluding tert-OH is 1. The highest BCUT2D eigenvalue weighted by molar-refractivity contribution is 5.41. The van der Waals surface area contributed by atoms with E-state index in [2.05, 4.69) is 25.1 Å². The first-order chi connectivity index (χ1) is 7.35. The van der Waals surface area contributed by atoms with Crippen molar-refractivity contribution in [2.75, 3.05) is 13.2 Å². The molecule has 1 unspecified atom stereocenters. The highest BCUT2D eigenvalue weighted by atomic mass is 16.5. The minimum absolute atomic E-state index is 0.264. The lowest BCUT2D eigenvalue weighted by molar-refractivity contribution is 0.230. The van der Waals surface area contributed by atoms with Gasteiger partial charge in [0.1, 0.15) is 5.75 Å². The van der Waals surface area contributed by atoms with E-state index in [9.17, 15) is 0 Å². The van der Waals surface area contributed by atoms with Gasteiger partial charge in [-0.05, 0) is 42.4 Å². The van der Waals surface area contributed by atoms with Gasteiger partial charge in [0.2, 0.25) is 0 Å². The van der Waals surface area contributed by atoms with Gasteiger partial charge in [0, 0.05) is 6.61 Å². The van der Waals surface area contributed by atoms with Gasteiger partial charge in [-0.3, -0.25) is 0 Å². The Morgan fingerprint density at radius 3 is 3.07 bits per heavy atom. The average Bonchev–Trinajstić information content (AvgIpc) is 2.29. The molecule has 1 N–H and O–H groups in total. The number of hydrogen-bond acceptors (Lipinski definition) is 2. The zero-order valence-electron chi connectivity index (χ0n) is 9.20. The number of rotatable bonds is 3. The van der Waals surface area contributed by atoms with E-state index < -0.39 is 0 Å². The molecule has 0 radical (unpaired) electrons. The quantitative estimate of drug-likeness (QED) is 0.823. The van der Waals surface area contributed by atoms with E-state index in [1.54, 1.807) is 0 Å². The number of aryl methyl sites for hydroxylation is 1. The topological polar surface area (TPSA) is 29.5 Å². The fourth-order valence-corrected chi connectivity index (χ4v) is 2.19. The van der Waals surface area contributed by atoms with Crippen molar-refractivity contribution in [1.29, 1.82) is 0 Å². The van der Waals surface area contributed by atoms with Crippen LogP contribution in [0.2, 0.25) is 0 Å². The molecule has 2 rings (SSSR count). The second kappa shape index (κ2) is 4.67. The molecule has 2 nitrogen and oxygen atoms in total. The van der Waals surface area contributed by atoms with Crippen molar-refractivity contribution in [1.82, 2.24) is 0 Å². The lowest BCUT2D eigenvalue weighted by Gasteiger charge is -2.26. The number of ether oxygens (including phenoxy) is 1. The molecule has 1 aromatic carbocycles. The summed E-state index contributed by atoms with van der Waals surface area (Å²) in [5.74, 6) is 1.49. The summed E-state index contributed by atoms with van der Waals surface area (Å²) >= 11 is 0. The Hall–Kier alpha value is -1.02. The Balaban J connectivity index is 2.30. The molecule has 0 saturated carbocycles. The molecule has 0 aliphatic carbocycles. The van der Waals surface area contributed by atoms with Gasteiger partial charge in [-0.2, -0.15) is 0 Å². The molecule has 1 aliphatic heterocycles.